The minimum Gasteiger partial charge on any atom is -0.480 e. The van der Waals surface area contributed by atoms with Crippen LogP contribution in [-0.4, -0.2) is 54.5 Å². The van der Waals surface area contributed by atoms with Crippen molar-refractivity contribution in [2.45, 2.75) is 30.9 Å². The van der Waals surface area contributed by atoms with Crippen LogP contribution in [-0.2, 0) is 14.3 Å². The van der Waals surface area contributed by atoms with Crippen LogP contribution in [0, 0.1) is 0 Å². The molecule has 2 aromatic rings. The summed E-state index contributed by atoms with van der Waals surface area (Å²) in [7, 11) is 1.56. The lowest BCUT2D eigenvalue weighted by Crippen LogP contribution is -2.52. The fourth-order valence-corrected chi connectivity index (χ4v) is 4.28. The average Bonchev–Trinajstić information content (AvgIpc) is 3.05. The van der Waals surface area contributed by atoms with E-state index in [1.54, 1.807) is 7.11 Å². The zero-order valence-electron chi connectivity index (χ0n) is 15.7. The van der Waals surface area contributed by atoms with Gasteiger partial charge in [0.15, 0.2) is 0 Å². The number of methoxy groups -OCH3 is 1. The number of carboxylic acids is 1. The van der Waals surface area contributed by atoms with Gasteiger partial charge in [-0.05, 0) is 28.7 Å². The van der Waals surface area contributed by atoms with Crippen molar-refractivity contribution in [3.05, 3.63) is 59.7 Å². The highest BCUT2D eigenvalue weighted by Gasteiger charge is 2.38. The minimum absolute atomic E-state index is 0.0452. The van der Waals surface area contributed by atoms with E-state index in [0.717, 1.165) is 22.3 Å². The van der Waals surface area contributed by atoms with E-state index in [-0.39, 0.29) is 25.0 Å². The van der Waals surface area contributed by atoms with Gasteiger partial charge in [-0.15, -0.1) is 0 Å². The van der Waals surface area contributed by atoms with Crippen molar-refractivity contribution < 1.29 is 24.2 Å². The van der Waals surface area contributed by atoms with E-state index in [9.17, 15) is 14.7 Å². The van der Waals surface area contributed by atoms with E-state index in [2.05, 4.69) is 24.3 Å². The molecule has 1 heterocycles. The number of carbonyl (C=O) groups is 2. The third-order valence-corrected chi connectivity index (χ3v) is 5.74. The Morgan fingerprint density at radius 1 is 1.07 bits per heavy atom. The minimum atomic E-state index is -1.03. The third-order valence-electron chi connectivity index (χ3n) is 5.74. The van der Waals surface area contributed by atoms with Gasteiger partial charge in [-0.3, -0.25) is 4.90 Å². The summed E-state index contributed by atoms with van der Waals surface area (Å²) < 4.78 is 10.9. The van der Waals surface area contributed by atoms with Crippen molar-refractivity contribution >= 4 is 12.1 Å². The molecule has 4 rings (SSSR count). The summed E-state index contributed by atoms with van der Waals surface area (Å²) >= 11 is 0. The number of likely N-dealkylation sites (tertiary alicyclic amines) is 1. The Bertz CT molecular complexity index is 851. The van der Waals surface area contributed by atoms with Gasteiger partial charge in [0.05, 0.1) is 6.10 Å². The predicted octanol–water partition coefficient (Wildman–Crippen LogP) is 3.50. The van der Waals surface area contributed by atoms with Crippen LogP contribution < -0.4 is 0 Å². The molecule has 1 fully saturated rings. The molecule has 0 radical (unpaired) electrons. The molecule has 1 N–H and O–H groups in total. The molecule has 2 atom stereocenters. The Morgan fingerprint density at radius 2 is 1.68 bits per heavy atom. The molecule has 1 aliphatic carbocycles. The number of carbonyl (C=O) groups excluding carboxylic acids is 1. The van der Waals surface area contributed by atoms with Gasteiger partial charge < -0.3 is 14.6 Å². The van der Waals surface area contributed by atoms with Gasteiger partial charge >= 0.3 is 12.1 Å². The average molecular weight is 381 g/mol. The van der Waals surface area contributed by atoms with Crippen LogP contribution in [0.4, 0.5) is 4.79 Å². The maximum absolute atomic E-state index is 12.7. The zero-order chi connectivity index (χ0) is 19.7. The zero-order valence-corrected chi connectivity index (χ0v) is 15.7. The molecule has 28 heavy (non-hydrogen) atoms. The molecule has 0 unspecified atom stereocenters. The largest absolute Gasteiger partial charge is 0.480 e. The van der Waals surface area contributed by atoms with Crippen LogP contribution in [0.15, 0.2) is 48.5 Å². The molecular formula is C22H23NO5. The summed E-state index contributed by atoms with van der Waals surface area (Å²) in [6.45, 7) is 0.496. The van der Waals surface area contributed by atoms with Gasteiger partial charge in [0.1, 0.15) is 12.6 Å². The predicted molar refractivity (Wildman–Crippen MR) is 103 cm³/mol. The number of aliphatic carboxylic acids is 1. The summed E-state index contributed by atoms with van der Waals surface area (Å²) in [5.41, 5.74) is 4.57. The van der Waals surface area contributed by atoms with E-state index < -0.39 is 18.1 Å². The lowest BCUT2D eigenvalue weighted by Gasteiger charge is -2.35. The van der Waals surface area contributed by atoms with Gasteiger partial charge in [0, 0.05) is 26.0 Å². The SMILES string of the molecule is CO[C@H]1CCN(C(=O)OCC2c3ccccc3-c3ccccc32)[C@@H](C(=O)O)C1. The lowest BCUT2D eigenvalue weighted by molar-refractivity contribution is -0.146. The number of nitrogens with zero attached hydrogens (tertiary/aromatic N) is 1. The quantitative estimate of drug-likeness (QED) is 0.877. The molecule has 0 aromatic heterocycles. The van der Waals surface area contributed by atoms with Crippen molar-refractivity contribution in [2.75, 3.05) is 20.3 Å². The van der Waals surface area contributed by atoms with Crippen LogP contribution in [0.2, 0.25) is 0 Å². The van der Waals surface area contributed by atoms with Crippen LogP contribution in [0.5, 0.6) is 0 Å². The van der Waals surface area contributed by atoms with Gasteiger partial charge in [0.25, 0.3) is 0 Å². The molecule has 6 nitrogen and oxygen atoms in total. The summed E-state index contributed by atoms with van der Waals surface area (Å²) in [5.74, 6) is -1.08. The fraction of sp³-hybridized carbons (Fsp3) is 0.364. The molecule has 1 saturated heterocycles. The van der Waals surface area contributed by atoms with E-state index in [1.807, 2.05) is 24.3 Å². The third kappa shape index (κ3) is 3.24. The van der Waals surface area contributed by atoms with E-state index >= 15 is 0 Å². The van der Waals surface area contributed by atoms with Gasteiger partial charge in [-0.1, -0.05) is 48.5 Å². The van der Waals surface area contributed by atoms with Gasteiger partial charge in [0.2, 0.25) is 0 Å². The number of carboxylic acid groups (broad SMARTS) is 1. The molecule has 1 amide bonds. The smallest absolute Gasteiger partial charge is 0.410 e. The summed E-state index contributed by atoms with van der Waals surface area (Å²) in [4.78, 5) is 25.6. The van der Waals surface area contributed by atoms with Crippen molar-refractivity contribution in [3.8, 4) is 11.1 Å². The van der Waals surface area contributed by atoms with Crippen molar-refractivity contribution in [1.82, 2.24) is 4.90 Å². The number of benzene rings is 2. The van der Waals surface area contributed by atoms with Gasteiger partial charge in [-0.25, -0.2) is 9.59 Å². The molecule has 1 aliphatic heterocycles. The Hall–Kier alpha value is -2.86. The summed E-state index contributed by atoms with van der Waals surface area (Å²) in [6.07, 6.45) is 0.142. The summed E-state index contributed by atoms with van der Waals surface area (Å²) in [6, 6.07) is 15.3. The Morgan fingerprint density at radius 3 is 2.25 bits per heavy atom. The highest BCUT2D eigenvalue weighted by Crippen LogP contribution is 2.44. The molecule has 146 valence electrons. The van der Waals surface area contributed by atoms with Crippen molar-refractivity contribution in [3.63, 3.8) is 0 Å². The second kappa shape index (κ2) is 7.64. The maximum atomic E-state index is 12.7. The Balaban J connectivity index is 1.50. The summed E-state index contributed by atoms with van der Waals surface area (Å²) in [5, 5.41) is 9.51. The van der Waals surface area contributed by atoms with E-state index in [0.29, 0.717) is 13.0 Å². The number of ether oxygens (including phenoxy) is 2. The first-order valence-corrected chi connectivity index (χ1v) is 9.47. The number of fused-ring (bicyclic) bond motifs is 3. The van der Waals surface area contributed by atoms with E-state index in [4.69, 9.17) is 9.47 Å². The number of amides is 1. The molecule has 6 heteroatoms. The van der Waals surface area contributed by atoms with Crippen LogP contribution in [0.25, 0.3) is 11.1 Å². The van der Waals surface area contributed by atoms with Crippen molar-refractivity contribution in [2.24, 2.45) is 0 Å². The molecule has 0 spiro atoms. The highest BCUT2D eigenvalue weighted by molar-refractivity contribution is 5.81. The molecule has 0 saturated carbocycles. The maximum Gasteiger partial charge on any atom is 0.410 e. The standard InChI is InChI=1S/C22H23NO5/c1-27-14-10-11-23(20(12-14)21(24)25)22(26)28-13-19-17-8-4-2-6-15(17)16-7-3-5-9-18(16)19/h2-9,14,19-20H,10-13H2,1H3,(H,24,25)/t14-,20+/m0/s1. The first-order valence-electron chi connectivity index (χ1n) is 9.47. The fourth-order valence-electron chi connectivity index (χ4n) is 4.28. The lowest BCUT2D eigenvalue weighted by atomic mass is 9.98. The second-order valence-electron chi connectivity index (χ2n) is 7.23. The monoisotopic (exact) mass is 381 g/mol. The molecular weight excluding hydrogens is 358 g/mol. The number of hydrogen-bond donors (Lipinski definition) is 1. The highest BCUT2D eigenvalue weighted by atomic mass is 16.6. The first-order chi connectivity index (χ1) is 13.6. The van der Waals surface area contributed by atoms with E-state index in [1.165, 1.54) is 4.90 Å². The normalized spacial score (nSPS) is 21.1. The number of piperidine rings is 1. The first kappa shape index (κ1) is 18.5. The molecule has 0 bridgehead atoms. The van der Waals surface area contributed by atoms with Crippen LogP contribution in [0.1, 0.15) is 29.9 Å². The van der Waals surface area contributed by atoms with Crippen LogP contribution >= 0.6 is 0 Å². The second-order valence-corrected chi connectivity index (χ2v) is 7.23. The van der Waals surface area contributed by atoms with Crippen LogP contribution in [0.3, 0.4) is 0 Å². The number of rotatable bonds is 4. The van der Waals surface area contributed by atoms with Crippen molar-refractivity contribution in [1.29, 1.82) is 0 Å². The topological polar surface area (TPSA) is 76.1 Å². The molecule has 2 aromatic carbocycles. The number of hydrogen-bond acceptors (Lipinski definition) is 4. The molecule has 2 aliphatic rings. The van der Waals surface area contributed by atoms with Gasteiger partial charge in [-0.2, -0.15) is 0 Å². The Labute approximate surface area is 163 Å². The Kier molecular flexibility index (Phi) is 5.05.